The average molecular weight is 461 g/mol. The number of ketones is 2. The first-order valence-corrected chi connectivity index (χ1v) is 11.5. The Morgan fingerprint density at radius 3 is 2.58 bits per heavy atom. The fraction of sp³-hybridized carbons (Fsp3) is 0.680. The van der Waals surface area contributed by atoms with Crippen LogP contribution in [0.4, 0.5) is 0 Å². The summed E-state index contributed by atoms with van der Waals surface area (Å²) >= 11 is 0. The topological polar surface area (TPSA) is 127 Å². The highest BCUT2D eigenvalue weighted by molar-refractivity contribution is 6.01. The molecule has 0 aromatic carbocycles. The van der Waals surface area contributed by atoms with Crippen LogP contribution in [0.5, 0.6) is 0 Å². The lowest BCUT2D eigenvalue weighted by atomic mass is 9.44. The van der Waals surface area contributed by atoms with Crippen LogP contribution in [-0.4, -0.2) is 59.1 Å². The highest BCUT2D eigenvalue weighted by Gasteiger charge is 2.72. The Balaban J connectivity index is 1.79. The van der Waals surface area contributed by atoms with E-state index in [9.17, 15) is 29.4 Å². The summed E-state index contributed by atoms with van der Waals surface area (Å²) in [4.78, 5) is 49.5. The summed E-state index contributed by atoms with van der Waals surface area (Å²) in [6, 6.07) is 0. The molecule has 0 aliphatic heterocycles. The minimum atomic E-state index is -2.15. The first-order chi connectivity index (χ1) is 15.4. The molecular weight excluding hydrogens is 428 g/mol. The van der Waals surface area contributed by atoms with Gasteiger partial charge in [-0.15, -0.1) is 0 Å². The zero-order valence-electron chi connectivity index (χ0n) is 19.5. The van der Waals surface area contributed by atoms with Crippen molar-refractivity contribution in [2.75, 3.05) is 13.7 Å². The number of allylic oxidation sites excluding steroid dienone is 4. The number of carbonyl (C=O) groups is 4. The lowest BCUT2D eigenvalue weighted by Gasteiger charge is -2.59. The highest BCUT2D eigenvalue weighted by Crippen LogP contribution is 2.68. The van der Waals surface area contributed by atoms with Crippen molar-refractivity contribution in [1.29, 1.82) is 0 Å². The lowest BCUT2D eigenvalue weighted by molar-refractivity contribution is -0.191. The molecule has 0 radical (unpaired) electrons. The largest absolute Gasteiger partial charge is 0.469 e. The summed E-state index contributed by atoms with van der Waals surface area (Å²) in [5.74, 6) is -3.10. The Labute approximate surface area is 193 Å². The standard InChI is InChI=1S/C25H32O8/c1-13(26)33-12-20(29)25(31)19(28)10-18-16-6-5-14-9-15(27)7-8-23(14,2)21(16)17(22(30)32-4)11-24(18,25)3/h7-9,16-19,21,28,31H,5-6,10-12H2,1-4H3/t16-,17?,18-,19+,21+,23-,24-,25-/m0/s1. The van der Waals surface area contributed by atoms with Gasteiger partial charge in [-0.3, -0.25) is 19.2 Å². The molecule has 8 atom stereocenters. The molecular formula is C25H32O8. The van der Waals surface area contributed by atoms with Gasteiger partial charge >= 0.3 is 11.9 Å². The molecule has 4 rings (SSSR count). The fourth-order valence-electron chi connectivity index (χ4n) is 7.55. The van der Waals surface area contributed by atoms with E-state index in [1.807, 2.05) is 13.0 Å². The van der Waals surface area contributed by atoms with E-state index >= 15 is 0 Å². The predicted octanol–water partition coefficient (Wildman–Crippen LogP) is 1.53. The molecule has 4 aliphatic carbocycles. The number of ether oxygens (including phenoxy) is 2. The van der Waals surface area contributed by atoms with Gasteiger partial charge in [0.15, 0.2) is 18.0 Å². The van der Waals surface area contributed by atoms with Gasteiger partial charge in [0.25, 0.3) is 0 Å². The third kappa shape index (κ3) is 3.25. The van der Waals surface area contributed by atoms with Crippen molar-refractivity contribution < 1.29 is 38.9 Å². The normalized spacial score (nSPS) is 43.6. The average Bonchev–Trinajstić information content (AvgIpc) is 2.98. The molecule has 2 N–H and O–H groups in total. The molecule has 180 valence electrons. The van der Waals surface area contributed by atoms with Crippen molar-refractivity contribution in [2.45, 2.75) is 58.2 Å². The summed E-state index contributed by atoms with van der Waals surface area (Å²) in [7, 11) is 1.31. The van der Waals surface area contributed by atoms with Gasteiger partial charge in [0.05, 0.1) is 19.1 Å². The number of hydrogen-bond acceptors (Lipinski definition) is 8. The molecule has 0 heterocycles. The first kappa shape index (κ1) is 23.8. The number of esters is 2. The van der Waals surface area contributed by atoms with Crippen LogP contribution in [0, 0.1) is 34.5 Å². The van der Waals surface area contributed by atoms with Crippen LogP contribution < -0.4 is 0 Å². The second-order valence-electron chi connectivity index (χ2n) is 10.5. The van der Waals surface area contributed by atoms with E-state index in [4.69, 9.17) is 9.47 Å². The van der Waals surface area contributed by atoms with Gasteiger partial charge in [-0.05, 0) is 55.6 Å². The summed E-state index contributed by atoms with van der Waals surface area (Å²) in [6.07, 6.45) is 5.38. The summed E-state index contributed by atoms with van der Waals surface area (Å²) in [5.41, 5.74) is -2.83. The second kappa shape index (κ2) is 7.87. The number of fused-ring (bicyclic) bond motifs is 5. The maximum atomic E-state index is 13.1. The van der Waals surface area contributed by atoms with Crippen LogP contribution in [-0.2, 0) is 28.7 Å². The molecule has 33 heavy (non-hydrogen) atoms. The maximum absolute atomic E-state index is 13.1. The number of methoxy groups -OCH3 is 1. The van der Waals surface area contributed by atoms with Crippen molar-refractivity contribution in [3.63, 3.8) is 0 Å². The van der Waals surface area contributed by atoms with E-state index in [0.717, 1.165) is 5.57 Å². The molecule has 0 spiro atoms. The van der Waals surface area contributed by atoms with E-state index in [1.54, 1.807) is 13.0 Å². The van der Waals surface area contributed by atoms with E-state index in [2.05, 4.69) is 0 Å². The van der Waals surface area contributed by atoms with Crippen molar-refractivity contribution >= 4 is 23.5 Å². The Morgan fingerprint density at radius 1 is 1.24 bits per heavy atom. The molecule has 4 aliphatic rings. The number of Topliss-reactive ketones (excluding diaryl/α,β-unsaturated/α-hetero) is 1. The minimum Gasteiger partial charge on any atom is -0.469 e. The lowest BCUT2D eigenvalue weighted by Crippen LogP contribution is -2.63. The van der Waals surface area contributed by atoms with Gasteiger partial charge in [0, 0.05) is 17.8 Å². The molecule has 0 aromatic rings. The van der Waals surface area contributed by atoms with E-state index < -0.39 is 52.8 Å². The van der Waals surface area contributed by atoms with Crippen LogP contribution in [0.15, 0.2) is 23.8 Å². The van der Waals surface area contributed by atoms with Crippen LogP contribution >= 0.6 is 0 Å². The van der Waals surface area contributed by atoms with Crippen LogP contribution in [0.3, 0.4) is 0 Å². The van der Waals surface area contributed by atoms with Crippen molar-refractivity contribution in [3.8, 4) is 0 Å². The number of carbonyl (C=O) groups excluding carboxylic acids is 4. The van der Waals surface area contributed by atoms with Crippen molar-refractivity contribution in [1.82, 2.24) is 0 Å². The van der Waals surface area contributed by atoms with E-state index in [-0.39, 0.29) is 36.4 Å². The van der Waals surface area contributed by atoms with Gasteiger partial charge in [-0.1, -0.05) is 25.5 Å². The quantitative estimate of drug-likeness (QED) is 0.605. The molecule has 0 bridgehead atoms. The second-order valence-corrected chi connectivity index (χ2v) is 10.5. The van der Waals surface area contributed by atoms with Crippen LogP contribution in [0.25, 0.3) is 0 Å². The molecule has 0 saturated heterocycles. The minimum absolute atomic E-state index is 0.0714. The zero-order valence-corrected chi connectivity index (χ0v) is 19.5. The first-order valence-electron chi connectivity index (χ1n) is 11.5. The van der Waals surface area contributed by atoms with E-state index in [1.165, 1.54) is 20.1 Å². The molecule has 0 amide bonds. The van der Waals surface area contributed by atoms with Gasteiger partial charge < -0.3 is 19.7 Å². The third-order valence-electron chi connectivity index (χ3n) is 9.08. The number of aliphatic hydroxyl groups excluding tert-OH is 1. The summed E-state index contributed by atoms with van der Waals surface area (Å²) in [5, 5.41) is 22.7. The van der Waals surface area contributed by atoms with Gasteiger partial charge in [-0.25, -0.2) is 0 Å². The Bertz CT molecular complexity index is 965. The van der Waals surface area contributed by atoms with Crippen molar-refractivity contribution in [3.05, 3.63) is 23.8 Å². The van der Waals surface area contributed by atoms with E-state index in [0.29, 0.717) is 12.8 Å². The Kier molecular flexibility index (Phi) is 5.69. The molecule has 3 fully saturated rings. The fourth-order valence-corrected chi connectivity index (χ4v) is 7.55. The van der Waals surface area contributed by atoms with Crippen LogP contribution in [0.1, 0.15) is 46.5 Å². The van der Waals surface area contributed by atoms with Gasteiger partial charge in [-0.2, -0.15) is 0 Å². The molecule has 1 unspecified atom stereocenters. The monoisotopic (exact) mass is 460 g/mol. The van der Waals surface area contributed by atoms with Gasteiger partial charge in [0.2, 0.25) is 5.78 Å². The van der Waals surface area contributed by atoms with Gasteiger partial charge in [0.1, 0.15) is 0 Å². The SMILES string of the molecule is COC(=O)C1C[C@@]2(C)[C@@H](C[C@@H](O)[C@]2(O)C(=O)COC(C)=O)[C@@H]2CCC3=CC(=O)C=C[C@]3(C)[C@@H]12. The summed E-state index contributed by atoms with van der Waals surface area (Å²) < 4.78 is 10.0. The molecule has 3 saturated carbocycles. The summed E-state index contributed by atoms with van der Waals surface area (Å²) in [6.45, 7) is 4.31. The highest BCUT2D eigenvalue weighted by atomic mass is 16.5. The maximum Gasteiger partial charge on any atom is 0.309 e. The zero-order chi connectivity index (χ0) is 24.3. The smallest absolute Gasteiger partial charge is 0.309 e. The predicted molar refractivity (Wildman–Crippen MR) is 115 cm³/mol. The third-order valence-corrected chi connectivity index (χ3v) is 9.08. The Morgan fingerprint density at radius 2 is 1.94 bits per heavy atom. The molecule has 8 nitrogen and oxygen atoms in total. The molecule has 0 aromatic heterocycles. The van der Waals surface area contributed by atoms with Crippen LogP contribution in [0.2, 0.25) is 0 Å². The number of hydrogen-bond donors (Lipinski definition) is 2. The number of rotatable bonds is 4. The molecule has 8 heteroatoms. The Hall–Kier alpha value is -2.32. The number of aliphatic hydroxyl groups is 2. The van der Waals surface area contributed by atoms with Crippen molar-refractivity contribution in [2.24, 2.45) is 34.5 Å².